The van der Waals surface area contributed by atoms with E-state index in [1.54, 1.807) is 31.3 Å². The average Bonchev–Trinajstić information content (AvgIpc) is 2.69. The second kappa shape index (κ2) is 7.97. The third-order valence-corrected chi connectivity index (χ3v) is 4.58. The van der Waals surface area contributed by atoms with E-state index in [1.807, 2.05) is 18.2 Å². The monoisotopic (exact) mass is 377 g/mol. The highest BCUT2D eigenvalue weighted by Gasteiger charge is 2.13. The Balaban J connectivity index is 1.81. The molecule has 0 aliphatic heterocycles. The molecule has 0 radical (unpaired) electrons. The lowest BCUT2D eigenvalue weighted by Crippen LogP contribution is -2.12. The quantitative estimate of drug-likeness (QED) is 0.727. The largest absolute Gasteiger partial charge is 0.366 e. The molecule has 0 aliphatic carbocycles. The van der Waals surface area contributed by atoms with Gasteiger partial charge in [-0.05, 0) is 66.8 Å². The second-order valence-corrected chi connectivity index (χ2v) is 6.46. The van der Waals surface area contributed by atoms with E-state index >= 15 is 0 Å². The summed E-state index contributed by atoms with van der Waals surface area (Å²) in [5.41, 5.74) is 8.92. The molecule has 0 aliphatic rings. The third kappa shape index (κ3) is 3.89. The van der Waals surface area contributed by atoms with Crippen molar-refractivity contribution in [1.29, 1.82) is 5.26 Å². The standard InChI is InChI=1S/C22H17F2N3O/c1-13-10-16(6-7-18(13)22(26)28)19-11-14(8-9-27-19)2-3-15-4-5-17(12-25)21(24)20(15)23/h4-11H,2-3H2,1H3,(H2,26,28). The van der Waals surface area contributed by atoms with Crippen LogP contribution in [0.15, 0.2) is 48.7 Å². The van der Waals surface area contributed by atoms with Crippen LogP contribution >= 0.6 is 0 Å². The van der Waals surface area contributed by atoms with Crippen LogP contribution in [0.2, 0.25) is 0 Å². The van der Waals surface area contributed by atoms with Gasteiger partial charge in [-0.3, -0.25) is 9.78 Å². The molecule has 0 spiro atoms. The molecule has 4 nitrogen and oxygen atoms in total. The van der Waals surface area contributed by atoms with Crippen molar-refractivity contribution in [2.75, 3.05) is 0 Å². The van der Waals surface area contributed by atoms with Crippen molar-refractivity contribution in [3.8, 4) is 17.3 Å². The van der Waals surface area contributed by atoms with Crippen LogP contribution in [-0.2, 0) is 12.8 Å². The molecule has 3 rings (SSSR count). The van der Waals surface area contributed by atoms with E-state index in [0.717, 1.165) is 16.7 Å². The number of pyridine rings is 1. The Morgan fingerprint density at radius 1 is 1.11 bits per heavy atom. The molecule has 0 fully saturated rings. The van der Waals surface area contributed by atoms with Crippen LogP contribution in [0.5, 0.6) is 0 Å². The zero-order valence-electron chi connectivity index (χ0n) is 15.2. The van der Waals surface area contributed by atoms with Gasteiger partial charge < -0.3 is 5.73 Å². The summed E-state index contributed by atoms with van der Waals surface area (Å²) >= 11 is 0. The highest BCUT2D eigenvalue weighted by molar-refractivity contribution is 5.94. The zero-order chi connectivity index (χ0) is 20.3. The fourth-order valence-corrected chi connectivity index (χ4v) is 3.04. The lowest BCUT2D eigenvalue weighted by atomic mass is 9.99. The predicted molar refractivity (Wildman–Crippen MR) is 101 cm³/mol. The summed E-state index contributed by atoms with van der Waals surface area (Å²) < 4.78 is 27.8. The minimum Gasteiger partial charge on any atom is -0.366 e. The van der Waals surface area contributed by atoms with Gasteiger partial charge in [0.2, 0.25) is 5.91 Å². The first-order chi connectivity index (χ1) is 13.4. The first-order valence-electron chi connectivity index (χ1n) is 8.63. The average molecular weight is 377 g/mol. The number of aromatic nitrogens is 1. The normalized spacial score (nSPS) is 10.5. The van der Waals surface area contributed by atoms with Crippen LogP contribution in [0.3, 0.4) is 0 Å². The van der Waals surface area contributed by atoms with E-state index in [1.165, 1.54) is 12.1 Å². The first-order valence-corrected chi connectivity index (χ1v) is 8.63. The van der Waals surface area contributed by atoms with E-state index in [9.17, 15) is 13.6 Å². The van der Waals surface area contributed by atoms with Crippen LogP contribution < -0.4 is 5.73 Å². The number of aryl methyl sites for hydroxylation is 3. The molecule has 2 aromatic carbocycles. The molecule has 1 amide bonds. The Bertz CT molecular complexity index is 1100. The molecule has 1 aromatic heterocycles. The summed E-state index contributed by atoms with van der Waals surface area (Å²) in [6.07, 6.45) is 2.42. The van der Waals surface area contributed by atoms with Crippen molar-refractivity contribution in [2.45, 2.75) is 19.8 Å². The molecule has 0 saturated carbocycles. The molecular weight excluding hydrogens is 360 g/mol. The summed E-state index contributed by atoms with van der Waals surface area (Å²) in [6, 6.07) is 13.3. The van der Waals surface area contributed by atoms with E-state index in [-0.39, 0.29) is 17.5 Å². The number of amides is 1. The molecule has 140 valence electrons. The molecular formula is C22H17F2N3O. The summed E-state index contributed by atoms with van der Waals surface area (Å²) in [4.78, 5) is 15.7. The first kappa shape index (κ1) is 19.2. The van der Waals surface area contributed by atoms with E-state index in [2.05, 4.69) is 4.98 Å². The highest BCUT2D eigenvalue weighted by Crippen LogP contribution is 2.23. The van der Waals surface area contributed by atoms with Gasteiger partial charge in [0.25, 0.3) is 0 Å². The van der Waals surface area contributed by atoms with Crippen LogP contribution in [0.4, 0.5) is 8.78 Å². The summed E-state index contributed by atoms with van der Waals surface area (Å²) in [5, 5.41) is 8.76. The maximum Gasteiger partial charge on any atom is 0.248 e. The van der Waals surface area contributed by atoms with Crippen LogP contribution in [-0.4, -0.2) is 10.9 Å². The minimum atomic E-state index is -1.11. The molecule has 0 unspecified atom stereocenters. The second-order valence-electron chi connectivity index (χ2n) is 6.46. The SMILES string of the molecule is Cc1cc(-c2cc(CCc3ccc(C#N)c(F)c3F)ccn2)ccc1C(N)=O. The predicted octanol–water partition coefficient (Wildman–Crippen LogP) is 4.09. The van der Waals surface area contributed by atoms with Gasteiger partial charge in [0.05, 0.1) is 11.3 Å². The van der Waals surface area contributed by atoms with Gasteiger partial charge in [0.15, 0.2) is 11.6 Å². The number of hydrogen-bond donors (Lipinski definition) is 1. The smallest absolute Gasteiger partial charge is 0.248 e. The lowest BCUT2D eigenvalue weighted by Gasteiger charge is -2.09. The van der Waals surface area contributed by atoms with Crippen molar-refractivity contribution in [2.24, 2.45) is 5.73 Å². The highest BCUT2D eigenvalue weighted by atomic mass is 19.2. The Hall–Kier alpha value is -3.59. The molecule has 1 heterocycles. The molecule has 6 heteroatoms. The zero-order valence-corrected chi connectivity index (χ0v) is 15.2. The molecule has 28 heavy (non-hydrogen) atoms. The molecule has 2 N–H and O–H groups in total. The fourth-order valence-electron chi connectivity index (χ4n) is 3.04. The number of carbonyl (C=O) groups is 1. The van der Waals surface area contributed by atoms with Crippen molar-refractivity contribution in [3.63, 3.8) is 0 Å². The van der Waals surface area contributed by atoms with E-state index in [4.69, 9.17) is 11.0 Å². The Labute approximate surface area is 161 Å². The summed E-state index contributed by atoms with van der Waals surface area (Å²) in [6.45, 7) is 1.80. The van der Waals surface area contributed by atoms with Crippen molar-refractivity contribution < 1.29 is 13.6 Å². The fraction of sp³-hybridized carbons (Fsp3) is 0.136. The van der Waals surface area contributed by atoms with Gasteiger partial charge in [0, 0.05) is 17.3 Å². The van der Waals surface area contributed by atoms with Crippen LogP contribution in [0.25, 0.3) is 11.3 Å². The van der Waals surface area contributed by atoms with Gasteiger partial charge >= 0.3 is 0 Å². The number of nitrogens with zero attached hydrogens (tertiary/aromatic N) is 2. The van der Waals surface area contributed by atoms with Crippen molar-refractivity contribution >= 4 is 5.91 Å². The maximum absolute atomic E-state index is 14.1. The number of nitriles is 1. The minimum absolute atomic E-state index is 0.219. The van der Waals surface area contributed by atoms with Crippen LogP contribution in [0.1, 0.15) is 32.6 Å². The van der Waals surface area contributed by atoms with Crippen LogP contribution in [0, 0.1) is 29.9 Å². The van der Waals surface area contributed by atoms with Gasteiger partial charge in [-0.2, -0.15) is 5.26 Å². The van der Waals surface area contributed by atoms with Crippen molar-refractivity contribution in [1.82, 2.24) is 4.98 Å². The molecule has 0 bridgehead atoms. The third-order valence-electron chi connectivity index (χ3n) is 4.58. The number of nitrogens with two attached hydrogens (primary N) is 1. The molecule has 3 aromatic rings. The molecule has 0 saturated heterocycles. The van der Waals surface area contributed by atoms with Gasteiger partial charge in [0.1, 0.15) is 6.07 Å². The number of rotatable bonds is 5. The maximum atomic E-state index is 14.1. The number of halogens is 2. The Morgan fingerprint density at radius 2 is 1.89 bits per heavy atom. The summed E-state index contributed by atoms with van der Waals surface area (Å²) in [7, 11) is 0. The summed E-state index contributed by atoms with van der Waals surface area (Å²) in [5.74, 6) is -2.58. The van der Waals surface area contributed by atoms with E-state index < -0.39 is 17.5 Å². The van der Waals surface area contributed by atoms with E-state index in [0.29, 0.717) is 17.7 Å². The number of carbonyl (C=O) groups excluding carboxylic acids is 1. The molecule has 0 atom stereocenters. The number of benzene rings is 2. The number of primary amides is 1. The Kier molecular flexibility index (Phi) is 5.46. The number of hydrogen-bond acceptors (Lipinski definition) is 3. The lowest BCUT2D eigenvalue weighted by molar-refractivity contribution is 0.0999. The van der Waals surface area contributed by atoms with Gasteiger partial charge in [-0.15, -0.1) is 0 Å². The Morgan fingerprint density at radius 3 is 2.57 bits per heavy atom. The van der Waals surface area contributed by atoms with Crippen molar-refractivity contribution in [3.05, 3.63) is 88.1 Å². The van der Waals surface area contributed by atoms with Gasteiger partial charge in [-0.25, -0.2) is 8.78 Å². The topological polar surface area (TPSA) is 79.8 Å². The van der Waals surface area contributed by atoms with Gasteiger partial charge in [-0.1, -0.05) is 12.1 Å².